The van der Waals surface area contributed by atoms with Gasteiger partial charge in [0.05, 0.1) is 12.0 Å². The lowest BCUT2D eigenvalue weighted by atomic mass is 9.98. The number of rotatable bonds is 4. The smallest absolute Gasteiger partial charge is 0.307 e. The number of aliphatic carboxylic acids is 1. The zero-order valence-electron chi connectivity index (χ0n) is 10.7. The molecule has 3 atom stereocenters. The number of hydrogen-bond acceptors (Lipinski definition) is 3. The molecule has 1 heterocycles. The molecule has 1 aromatic rings. The maximum Gasteiger partial charge on any atom is 0.307 e. The lowest BCUT2D eigenvalue weighted by molar-refractivity contribution is -0.141. The zero-order valence-corrected chi connectivity index (χ0v) is 10.7. The minimum atomic E-state index is -0.713. The molecule has 4 heteroatoms. The number of hydrogen-bond donors (Lipinski definition) is 2. The summed E-state index contributed by atoms with van der Waals surface area (Å²) in [5, 5.41) is 12.2. The topological polar surface area (TPSA) is 58.6 Å². The van der Waals surface area contributed by atoms with Crippen LogP contribution in [-0.2, 0) is 9.53 Å². The highest BCUT2D eigenvalue weighted by Crippen LogP contribution is 2.28. The van der Waals surface area contributed by atoms with Crippen LogP contribution in [0.2, 0.25) is 0 Å². The van der Waals surface area contributed by atoms with Crippen molar-refractivity contribution in [1.29, 1.82) is 0 Å². The summed E-state index contributed by atoms with van der Waals surface area (Å²) in [6.07, 6.45) is 0.747. The van der Waals surface area contributed by atoms with Gasteiger partial charge in [0, 0.05) is 19.7 Å². The van der Waals surface area contributed by atoms with Crippen LogP contribution >= 0.6 is 0 Å². The van der Waals surface area contributed by atoms with Crippen molar-refractivity contribution >= 4 is 5.97 Å². The summed E-state index contributed by atoms with van der Waals surface area (Å²) in [5.41, 5.74) is 2.28. The van der Waals surface area contributed by atoms with Gasteiger partial charge in [0.1, 0.15) is 0 Å². The van der Waals surface area contributed by atoms with Gasteiger partial charge in [-0.1, -0.05) is 24.3 Å². The summed E-state index contributed by atoms with van der Waals surface area (Å²) in [6.45, 7) is 2.56. The van der Waals surface area contributed by atoms with Gasteiger partial charge in [0.25, 0.3) is 0 Å². The monoisotopic (exact) mass is 249 g/mol. The predicted molar refractivity (Wildman–Crippen MR) is 68.4 cm³/mol. The van der Waals surface area contributed by atoms with E-state index in [-0.39, 0.29) is 18.1 Å². The molecule has 1 saturated heterocycles. The number of carboxylic acid groups (broad SMARTS) is 1. The molecule has 1 aromatic carbocycles. The molecule has 3 unspecified atom stereocenters. The van der Waals surface area contributed by atoms with Crippen LogP contribution in [0.1, 0.15) is 36.6 Å². The van der Waals surface area contributed by atoms with Crippen molar-refractivity contribution in [3.63, 3.8) is 0 Å². The highest BCUT2D eigenvalue weighted by Gasteiger charge is 2.29. The quantitative estimate of drug-likeness (QED) is 0.858. The summed E-state index contributed by atoms with van der Waals surface area (Å²) >= 11 is 0. The number of nitrogens with one attached hydrogen (secondary N) is 1. The second-order valence-corrected chi connectivity index (χ2v) is 4.78. The van der Waals surface area contributed by atoms with Crippen molar-refractivity contribution in [2.24, 2.45) is 5.92 Å². The first-order valence-electron chi connectivity index (χ1n) is 6.20. The van der Waals surface area contributed by atoms with E-state index in [9.17, 15) is 4.79 Å². The van der Waals surface area contributed by atoms with Crippen molar-refractivity contribution in [1.82, 2.24) is 5.32 Å². The van der Waals surface area contributed by atoms with Gasteiger partial charge in [-0.05, 0) is 24.5 Å². The number of methoxy groups -OCH3 is 1. The van der Waals surface area contributed by atoms with Crippen molar-refractivity contribution in [3.8, 4) is 0 Å². The van der Waals surface area contributed by atoms with Gasteiger partial charge < -0.3 is 15.2 Å². The first-order valence-corrected chi connectivity index (χ1v) is 6.20. The normalized spacial score (nSPS) is 25.0. The van der Waals surface area contributed by atoms with Crippen molar-refractivity contribution in [2.45, 2.75) is 25.5 Å². The highest BCUT2D eigenvalue weighted by atomic mass is 16.5. The van der Waals surface area contributed by atoms with E-state index in [2.05, 4.69) is 5.32 Å². The highest BCUT2D eigenvalue weighted by molar-refractivity contribution is 5.70. The average molecular weight is 249 g/mol. The van der Waals surface area contributed by atoms with E-state index in [1.807, 2.05) is 31.2 Å². The molecule has 0 spiro atoms. The van der Waals surface area contributed by atoms with Crippen LogP contribution in [0.25, 0.3) is 0 Å². The van der Waals surface area contributed by atoms with Crippen LogP contribution in [0.3, 0.4) is 0 Å². The molecule has 0 saturated carbocycles. The molecular formula is C14H19NO3. The molecule has 0 aromatic heterocycles. The lowest BCUT2D eigenvalue weighted by Gasteiger charge is -2.14. The Morgan fingerprint density at radius 2 is 2.11 bits per heavy atom. The summed E-state index contributed by atoms with van der Waals surface area (Å²) in [7, 11) is 1.69. The summed E-state index contributed by atoms with van der Waals surface area (Å²) < 4.78 is 5.26. The number of carboxylic acids is 1. The van der Waals surface area contributed by atoms with Gasteiger partial charge in [-0.2, -0.15) is 0 Å². The maximum absolute atomic E-state index is 10.9. The minimum absolute atomic E-state index is 0.0855. The molecule has 2 N–H and O–H groups in total. The Kier molecular flexibility index (Phi) is 3.99. The second-order valence-electron chi connectivity index (χ2n) is 4.78. The number of ether oxygens (including phenoxy) is 1. The van der Waals surface area contributed by atoms with Gasteiger partial charge in [0.15, 0.2) is 0 Å². The number of carbonyl (C=O) groups is 1. The molecule has 0 aliphatic carbocycles. The van der Waals surface area contributed by atoms with E-state index >= 15 is 0 Å². The van der Waals surface area contributed by atoms with Crippen LogP contribution in [0.15, 0.2) is 24.3 Å². The van der Waals surface area contributed by atoms with Crippen LogP contribution < -0.4 is 5.32 Å². The van der Waals surface area contributed by atoms with Gasteiger partial charge in [-0.25, -0.2) is 0 Å². The van der Waals surface area contributed by atoms with E-state index in [1.165, 1.54) is 0 Å². The van der Waals surface area contributed by atoms with E-state index in [0.29, 0.717) is 13.0 Å². The summed E-state index contributed by atoms with van der Waals surface area (Å²) in [5.74, 6) is -0.984. The fourth-order valence-electron chi connectivity index (χ4n) is 2.31. The Bertz CT molecular complexity index is 416. The Balaban J connectivity index is 2.05. The lowest BCUT2D eigenvalue weighted by Crippen LogP contribution is -2.17. The fraction of sp³-hybridized carbons (Fsp3) is 0.500. The molecule has 0 radical (unpaired) electrons. The third-order valence-corrected chi connectivity index (χ3v) is 3.64. The van der Waals surface area contributed by atoms with E-state index in [4.69, 9.17) is 9.84 Å². The van der Waals surface area contributed by atoms with Gasteiger partial charge in [-0.3, -0.25) is 4.79 Å². The largest absolute Gasteiger partial charge is 0.481 e. The van der Waals surface area contributed by atoms with Crippen molar-refractivity contribution in [3.05, 3.63) is 35.4 Å². The molecule has 1 aliphatic rings. The van der Waals surface area contributed by atoms with Crippen LogP contribution in [0, 0.1) is 5.92 Å². The number of benzene rings is 1. The van der Waals surface area contributed by atoms with Gasteiger partial charge in [0.2, 0.25) is 0 Å². The molecule has 4 nitrogen and oxygen atoms in total. The zero-order chi connectivity index (χ0) is 13.1. The first kappa shape index (κ1) is 13.1. The Labute approximate surface area is 107 Å². The molecule has 0 bridgehead atoms. The van der Waals surface area contributed by atoms with Crippen LogP contribution in [0.4, 0.5) is 0 Å². The third kappa shape index (κ3) is 2.71. The summed E-state index contributed by atoms with van der Waals surface area (Å²) in [4.78, 5) is 10.9. The van der Waals surface area contributed by atoms with E-state index < -0.39 is 5.97 Å². The molecular weight excluding hydrogens is 230 g/mol. The maximum atomic E-state index is 10.9. The standard InChI is InChI=1S/C14H19NO3/c1-9(18-2)10-3-5-11(6-4-10)13-7-12(8-15-13)14(16)17/h3-6,9,12-13,15H,7-8H2,1-2H3,(H,16,17). The SMILES string of the molecule is COC(C)c1ccc(C2CC(C(=O)O)CN2)cc1. The fourth-order valence-corrected chi connectivity index (χ4v) is 2.31. The molecule has 98 valence electrons. The second kappa shape index (κ2) is 5.50. The van der Waals surface area contributed by atoms with Crippen LogP contribution in [-0.4, -0.2) is 24.7 Å². The predicted octanol–water partition coefficient (Wildman–Crippen LogP) is 2.13. The molecule has 18 heavy (non-hydrogen) atoms. The average Bonchev–Trinajstić information content (AvgIpc) is 2.88. The Hall–Kier alpha value is -1.39. The van der Waals surface area contributed by atoms with Gasteiger partial charge >= 0.3 is 5.97 Å². The third-order valence-electron chi connectivity index (χ3n) is 3.64. The molecule has 0 amide bonds. The van der Waals surface area contributed by atoms with E-state index in [1.54, 1.807) is 7.11 Å². The van der Waals surface area contributed by atoms with Crippen molar-refractivity contribution in [2.75, 3.05) is 13.7 Å². The molecule has 1 aliphatic heterocycles. The van der Waals surface area contributed by atoms with E-state index in [0.717, 1.165) is 11.1 Å². The molecule has 2 rings (SSSR count). The molecule has 1 fully saturated rings. The summed E-state index contributed by atoms with van der Waals surface area (Å²) in [6, 6.07) is 8.33. The van der Waals surface area contributed by atoms with Crippen LogP contribution in [0.5, 0.6) is 0 Å². The van der Waals surface area contributed by atoms with Gasteiger partial charge in [-0.15, -0.1) is 0 Å². The Morgan fingerprint density at radius 3 is 2.61 bits per heavy atom. The Morgan fingerprint density at radius 1 is 1.44 bits per heavy atom. The first-order chi connectivity index (χ1) is 8.61. The minimum Gasteiger partial charge on any atom is -0.481 e. The van der Waals surface area contributed by atoms with Crippen molar-refractivity contribution < 1.29 is 14.6 Å².